The number of amides is 1. The van der Waals surface area contributed by atoms with Gasteiger partial charge in [0, 0.05) is 35.9 Å². The van der Waals surface area contributed by atoms with Crippen LogP contribution in [-0.2, 0) is 4.79 Å². The lowest BCUT2D eigenvalue weighted by atomic mass is 10.2. The van der Waals surface area contributed by atoms with Gasteiger partial charge >= 0.3 is 0 Å². The third-order valence-corrected chi connectivity index (χ3v) is 6.17. The lowest BCUT2D eigenvalue weighted by Gasteiger charge is -2.33. The molecule has 1 unspecified atom stereocenters. The zero-order valence-electron chi connectivity index (χ0n) is 13.5. The summed E-state index contributed by atoms with van der Waals surface area (Å²) in [6, 6.07) is 0.261. The van der Waals surface area contributed by atoms with Crippen molar-refractivity contribution in [3.8, 4) is 0 Å². The first-order valence-corrected chi connectivity index (χ1v) is 9.22. The van der Waals surface area contributed by atoms with Crippen molar-refractivity contribution >= 4 is 51.6 Å². The predicted molar refractivity (Wildman–Crippen MR) is 98.9 cm³/mol. The average molecular weight is 373 g/mol. The van der Waals surface area contributed by atoms with E-state index < -0.39 is 0 Å². The monoisotopic (exact) mass is 372 g/mol. The number of thiophene rings is 1. The van der Waals surface area contributed by atoms with Gasteiger partial charge < -0.3 is 10.2 Å². The first-order chi connectivity index (χ1) is 10.6. The third-order valence-electron chi connectivity index (χ3n) is 4.08. The van der Waals surface area contributed by atoms with Crippen LogP contribution in [-0.4, -0.2) is 52.2 Å². The molecule has 1 N–H and O–H groups in total. The van der Waals surface area contributed by atoms with Crippen molar-refractivity contribution in [3.05, 3.63) is 16.8 Å². The third kappa shape index (κ3) is 3.79. The predicted octanol–water partition coefficient (Wildman–Crippen LogP) is 2.64. The van der Waals surface area contributed by atoms with Gasteiger partial charge in [-0.25, -0.2) is 9.97 Å². The Balaban J connectivity index is 0.00000192. The van der Waals surface area contributed by atoms with Crippen LogP contribution in [0.25, 0.3) is 10.2 Å². The number of carbonyl (C=O) groups excluding carboxylic acids is 1. The lowest BCUT2D eigenvalue weighted by molar-refractivity contribution is -0.131. The Hall–Kier alpha value is -0.890. The second-order valence-corrected chi connectivity index (χ2v) is 7.74. The second kappa shape index (κ2) is 7.79. The Morgan fingerprint density at radius 1 is 1.48 bits per heavy atom. The molecule has 0 aromatic carbocycles. The van der Waals surface area contributed by atoms with Gasteiger partial charge in [0.2, 0.25) is 5.91 Å². The number of hydrogen-bond donors (Lipinski definition) is 1. The van der Waals surface area contributed by atoms with E-state index in [1.807, 2.05) is 4.90 Å². The molecule has 0 radical (unpaired) electrons. The van der Waals surface area contributed by atoms with Crippen molar-refractivity contribution in [2.75, 3.05) is 25.4 Å². The SMILES string of the molecule is Cc1sc2ncnc(SCC(=O)N3CCNCC3C)c2c1C.Cl. The largest absolute Gasteiger partial charge is 0.337 e. The number of nitrogens with zero attached hydrogens (tertiary/aromatic N) is 3. The Bertz CT molecular complexity index is 706. The van der Waals surface area contributed by atoms with Gasteiger partial charge in [0.25, 0.3) is 0 Å². The van der Waals surface area contributed by atoms with E-state index in [9.17, 15) is 4.79 Å². The standard InChI is InChI=1S/C15H20N4OS2.ClH/c1-9-6-16-4-5-19(9)12(20)7-21-14-13-10(2)11(3)22-15(13)18-8-17-14;/h8-9,16H,4-7H2,1-3H3;1H. The van der Waals surface area contributed by atoms with Crippen LogP contribution >= 0.6 is 35.5 Å². The summed E-state index contributed by atoms with van der Waals surface area (Å²) in [4.78, 5) is 25.4. The number of thioether (sulfide) groups is 1. The van der Waals surface area contributed by atoms with Gasteiger partial charge in [-0.1, -0.05) is 11.8 Å². The lowest BCUT2D eigenvalue weighted by Crippen LogP contribution is -2.52. The fourth-order valence-corrected chi connectivity index (χ4v) is 4.69. The van der Waals surface area contributed by atoms with Gasteiger partial charge in [-0.05, 0) is 26.3 Å². The van der Waals surface area contributed by atoms with Crippen LogP contribution in [0.5, 0.6) is 0 Å². The summed E-state index contributed by atoms with van der Waals surface area (Å²) in [5, 5.41) is 5.33. The van der Waals surface area contributed by atoms with Crippen molar-refractivity contribution in [2.45, 2.75) is 31.8 Å². The highest BCUT2D eigenvalue weighted by atomic mass is 35.5. The average Bonchev–Trinajstić information content (AvgIpc) is 2.81. The zero-order chi connectivity index (χ0) is 15.7. The number of aryl methyl sites for hydroxylation is 2. The maximum absolute atomic E-state index is 12.4. The molecule has 2 aromatic heterocycles. The van der Waals surface area contributed by atoms with E-state index in [1.165, 1.54) is 22.2 Å². The molecule has 126 valence electrons. The molecule has 3 heterocycles. The number of piperazine rings is 1. The fraction of sp³-hybridized carbons (Fsp3) is 0.533. The van der Waals surface area contributed by atoms with Crippen molar-refractivity contribution in [3.63, 3.8) is 0 Å². The molecule has 8 heteroatoms. The highest BCUT2D eigenvalue weighted by Crippen LogP contribution is 2.34. The van der Waals surface area contributed by atoms with E-state index in [2.05, 4.69) is 36.1 Å². The minimum Gasteiger partial charge on any atom is -0.337 e. The molecule has 1 fully saturated rings. The van der Waals surface area contributed by atoms with E-state index in [4.69, 9.17) is 0 Å². The van der Waals surface area contributed by atoms with Crippen LogP contribution < -0.4 is 5.32 Å². The Morgan fingerprint density at radius 3 is 3.00 bits per heavy atom. The van der Waals surface area contributed by atoms with Crippen LogP contribution in [0.3, 0.4) is 0 Å². The molecule has 1 amide bonds. The van der Waals surface area contributed by atoms with Crippen LogP contribution in [0.15, 0.2) is 11.4 Å². The van der Waals surface area contributed by atoms with E-state index in [1.54, 1.807) is 17.7 Å². The molecule has 3 rings (SSSR count). The Morgan fingerprint density at radius 2 is 2.26 bits per heavy atom. The highest BCUT2D eigenvalue weighted by molar-refractivity contribution is 8.00. The molecule has 1 atom stereocenters. The van der Waals surface area contributed by atoms with Gasteiger partial charge in [-0.2, -0.15) is 0 Å². The molecular formula is C15H21ClN4OS2. The Labute approximate surface area is 150 Å². The summed E-state index contributed by atoms with van der Waals surface area (Å²) in [6.07, 6.45) is 1.60. The second-order valence-electron chi connectivity index (χ2n) is 5.57. The molecule has 0 bridgehead atoms. The van der Waals surface area contributed by atoms with Gasteiger partial charge in [0.05, 0.1) is 5.75 Å². The Kier molecular flexibility index (Phi) is 6.25. The molecule has 2 aromatic rings. The van der Waals surface area contributed by atoms with E-state index >= 15 is 0 Å². The molecule has 1 aliphatic rings. The molecular weight excluding hydrogens is 352 g/mol. The maximum atomic E-state index is 12.4. The topological polar surface area (TPSA) is 58.1 Å². The summed E-state index contributed by atoms with van der Waals surface area (Å²) in [7, 11) is 0. The van der Waals surface area contributed by atoms with Crippen LogP contribution in [0.1, 0.15) is 17.4 Å². The zero-order valence-corrected chi connectivity index (χ0v) is 15.9. The smallest absolute Gasteiger partial charge is 0.233 e. The van der Waals surface area contributed by atoms with Gasteiger partial charge in [-0.15, -0.1) is 23.7 Å². The quantitative estimate of drug-likeness (QED) is 0.663. The van der Waals surface area contributed by atoms with E-state index in [0.717, 1.165) is 34.9 Å². The van der Waals surface area contributed by atoms with Crippen LogP contribution in [0.2, 0.25) is 0 Å². The summed E-state index contributed by atoms with van der Waals surface area (Å²) >= 11 is 3.21. The normalized spacial score (nSPS) is 18.0. The molecule has 23 heavy (non-hydrogen) atoms. The first kappa shape index (κ1) is 18.4. The summed E-state index contributed by atoms with van der Waals surface area (Å²) < 4.78 is 0. The number of hydrogen-bond acceptors (Lipinski definition) is 6. The highest BCUT2D eigenvalue weighted by Gasteiger charge is 2.23. The number of fused-ring (bicyclic) bond motifs is 1. The minimum atomic E-state index is 0. The number of rotatable bonds is 3. The molecule has 0 spiro atoms. The summed E-state index contributed by atoms with van der Waals surface area (Å²) in [5.74, 6) is 0.625. The number of aromatic nitrogens is 2. The molecule has 5 nitrogen and oxygen atoms in total. The molecule has 0 aliphatic carbocycles. The number of nitrogens with one attached hydrogen (secondary N) is 1. The van der Waals surface area contributed by atoms with Gasteiger partial charge in [-0.3, -0.25) is 4.79 Å². The minimum absolute atomic E-state index is 0. The van der Waals surface area contributed by atoms with Gasteiger partial charge in [0.15, 0.2) is 0 Å². The first-order valence-electron chi connectivity index (χ1n) is 7.41. The van der Waals surface area contributed by atoms with Crippen molar-refractivity contribution in [2.24, 2.45) is 0 Å². The number of carbonyl (C=O) groups is 1. The maximum Gasteiger partial charge on any atom is 0.233 e. The van der Waals surface area contributed by atoms with Crippen molar-refractivity contribution < 1.29 is 4.79 Å². The van der Waals surface area contributed by atoms with Crippen LogP contribution in [0.4, 0.5) is 0 Å². The van der Waals surface area contributed by atoms with Crippen LogP contribution in [0, 0.1) is 13.8 Å². The summed E-state index contributed by atoms with van der Waals surface area (Å²) in [5.41, 5.74) is 1.23. The van der Waals surface area contributed by atoms with E-state index in [-0.39, 0.29) is 24.4 Å². The molecule has 0 saturated carbocycles. The fourth-order valence-electron chi connectivity index (χ4n) is 2.68. The molecule has 1 aliphatic heterocycles. The number of halogens is 1. The molecule has 1 saturated heterocycles. The summed E-state index contributed by atoms with van der Waals surface area (Å²) in [6.45, 7) is 8.82. The van der Waals surface area contributed by atoms with Crippen molar-refractivity contribution in [1.82, 2.24) is 20.2 Å². The van der Waals surface area contributed by atoms with Gasteiger partial charge in [0.1, 0.15) is 16.2 Å². The van der Waals surface area contributed by atoms with E-state index in [0.29, 0.717) is 5.75 Å². The van der Waals surface area contributed by atoms with Crippen molar-refractivity contribution in [1.29, 1.82) is 0 Å².